The minimum absolute atomic E-state index is 0.0516. The highest BCUT2D eigenvalue weighted by Crippen LogP contribution is 2.46. The second-order valence-electron chi connectivity index (χ2n) is 14.1. The number of aromatic hydroxyl groups is 1. The molecule has 2 aromatic carbocycles. The lowest BCUT2D eigenvalue weighted by molar-refractivity contribution is 0.0512. The Morgan fingerprint density at radius 2 is 1.56 bits per heavy atom. The van der Waals surface area contributed by atoms with Crippen molar-refractivity contribution < 1.29 is 19.0 Å². The molecule has 0 spiro atoms. The summed E-state index contributed by atoms with van der Waals surface area (Å²) in [5, 5.41) is 10.1. The molecule has 0 saturated carbocycles. The molecule has 3 atom stereocenters. The van der Waals surface area contributed by atoms with E-state index in [9.17, 15) is 9.90 Å². The minimum atomic E-state index is -0.260. The van der Waals surface area contributed by atoms with Crippen molar-refractivity contribution in [2.75, 3.05) is 0 Å². The zero-order chi connectivity index (χ0) is 31.3. The molecular weight excluding hydrogens is 536 g/mol. The summed E-state index contributed by atoms with van der Waals surface area (Å²) in [5.41, 5.74) is 4.11. The van der Waals surface area contributed by atoms with Gasteiger partial charge in [-0.2, -0.15) is 0 Å². The Kier molecular flexibility index (Phi) is 10.9. The fraction of sp³-hybridized carbons (Fsp3) is 0.605. The Balaban J connectivity index is 1.35. The Bertz CT molecular complexity index is 1450. The predicted molar refractivity (Wildman–Crippen MR) is 177 cm³/mol. The molecule has 0 saturated heterocycles. The molecule has 5 heteroatoms. The summed E-state index contributed by atoms with van der Waals surface area (Å²) in [6, 6.07) is 4.48. The average molecular weight is 591 g/mol. The fourth-order valence-electron chi connectivity index (χ4n) is 6.69. The van der Waals surface area contributed by atoms with Gasteiger partial charge in [0.2, 0.25) is 11.2 Å². The van der Waals surface area contributed by atoms with Crippen molar-refractivity contribution in [3.63, 3.8) is 0 Å². The number of benzene rings is 2. The van der Waals surface area contributed by atoms with E-state index < -0.39 is 0 Å². The van der Waals surface area contributed by atoms with Crippen LogP contribution in [0.2, 0.25) is 0 Å². The number of phenols is 1. The molecule has 1 aliphatic rings. The van der Waals surface area contributed by atoms with E-state index in [1.807, 2.05) is 6.92 Å². The molecule has 0 unspecified atom stereocenters. The van der Waals surface area contributed by atoms with Crippen LogP contribution in [0.1, 0.15) is 121 Å². The Morgan fingerprint density at radius 1 is 0.907 bits per heavy atom. The van der Waals surface area contributed by atoms with E-state index in [1.54, 1.807) is 6.07 Å². The summed E-state index contributed by atoms with van der Waals surface area (Å²) in [5.74, 6) is 4.29. The summed E-state index contributed by atoms with van der Waals surface area (Å²) in [6.07, 6.45) is 14.9. The molecule has 2 heterocycles. The summed E-state index contributed by atoms with van der Waals surface area (Å²) >= 11 is 0. The molecule has 1 N–H and O–H groups in total. The molecule has 0 bridgehead atoms. The third-order valence-corrected chi connectivity index (χ3v) is 9.78. The molecule has 0 aliphatic carbocycles. The SMILES string of the molecule is Cc1c(C)c2c(c(C)c1Oc1coc3cc(O)ccc3c1=O)CC[C@](C)(CCC[C@@H](C)CCC[C@@H](C)CCCC(C)C)O2. The van der Waals surface area contributed by atoms with Crippen molar-refractivity contribution in [2.45, 2.75) is 132 Å². The van der Waals surface area contributed by atoms with Crippen LogP contribution in [0.4, 0.5) is 0 Å². The van der Waals surface area contributed by atoms with Crippen LogP contribution in [0, 0.1) is 38.5 Å². The summed E-state index contributed by atoms with van der Waals surface area (Å²) in [7, 11) is 0. The van der Waals surface area contributed by atoms with Crippen LogP contribution in [-0.4, -0.2) is 10.7 Å². The van der Waals surface area contributed by atoms with Gasteiger partial charge >= 0.3 is 0 Å². The van der Waals surface area contributed by atoms with Crippen molar-refractivity contribution in [1.29, 1.82) is 0 Å². The Labute approximate surface area is 259 Å². The van der Waals surface area contributed by atoms with Crippen LogP contribution >= 0.6 is 0 Å². The molecule has 0 fully saturated rings. The van der Waals surface area contributed by atoms with Crippen molar-refractivity contribution in [3.8, 4) is 23.0 Å². The topological polar surface area (TPSA) is 68.9 Å². The zero-order valence-electron chi connectivity index (χ0n) is 27.9. The van der Waals surface area contributed by atoms with E-state index in [0.717, 1.165) is 59.5 Å². The van der Waals surface area contributed by atoms with Gasteiger partial charge in [-0.25, -0.2) is 0 Å². The van der Waals surface area contributed by atoms with Gasteiger partial charge in [0.15, 0.2) is 0 Å². The lowest BCUT2D eigenvalue weighted by atomic mass is 9.83. The molecule has 0 amide bonds. The number of rotatable bonds is 14. The zero-order valence-corrected chi connectivity index (χ0v) is 27.9. The molecule has 4 rings (SSSR count). The second-order valence-corrected chi connectivity index (χ2v) is 14.1. The van der Waals surface area contributed by atoms with Crippen molar-refractivity contribution in [3.05, 3.63) is 56.9 Å². The van der Waals surface area contributed by atoms with Crippen molar-refractivity contribution >= 4 is 11.0 Å². The number of ether oxygens (including phenoxy) is 2. The lowest BCUT2D eigenvalue weighted by Gasteiger charge is -2.38. The third-order valence-electron chi connectivity index (χ3n) is 9.78. The largest absolute Gasteiger partial charge is 0.508 e. The van der Waals surface area contributed by atoms with E-state index >= 15 is 0 Å². The average Bonchev–Trinajstić information content (AvgIpc) is 2.95. The molecule has 43 heavy (non-hydrogen) atoms. The van der Waals surface area contributed by atoms with Gasteiger partial charge in [0.1, 0.15) is 34.7 Å². The molecule has 1 aliphatic heterocycles. The summed E-state index contributed by atoms with van der Waals surface area (Å²) in [4.78, 5) is 13.1. The van der Waals surface area contributed by atoms with E-state index in [4.69, 9.17) is 13.9 Å². The van der Waals surface area contributed by atoms with Crippen LogP contribution in [-0.2, 0) is 6.42 Å². The predicted octanol–water partition coefficient (Wildman–Crippen LogP) is 10.7. The van der Waals surface area contributed by atoms with E-state index in [1.165, 1.54) is 75.3 Å². The van der Waals surface area contributed by atoms with Gasteiger partial charge in [-0.3, -0.25) is 4.79 Å². The van der Waals surface area contributed by atoms with Gasteiger partial charge in [-0.1, -0.05) is 72.6 Å². The molecule has 0 radical (unpaired) electrons. The first-order chi connectivity index (χ1) is 20.4. The van der Waals surface area contributed by atoms with Crippen LogP contribution < -0.4 is 14.9 Å². The second kappa shape index (κ2) is 14.2. The van der Waals surface area contributed by atoms with Crippen LogP contribution in [0.25, 0.3) is 11.0 Å². The van der Waals surface area contributed by atoms with E-state index in [2.05, 4.69) is 48.5 Å². The standard InChI is InChI=1S/C38H54O5/c1-24(2)12-9-13-25(3)14-10-15-26(4)16-11-20-38(8)21-19-31-29(7)36(27(5)28(6)37(31)43-38)42-34-23-41-33-22-30(39)17-18-32(33)35(34)40/h17-18,22-26,39H,9-16,19-21H2,1-8H3/t25-,26-,38-/m0/s1. The Morgan fingerprint density at radius 3 is 2.23 bits per heavy atom. The smallest absolute Gasteiger partial charge is 0.235 e. The highest BCUT2D eigenvalue weighted by atomic mass is 16.5. The first kappa shape index (κ1) is 33.0. The fourth-order valence-corrected chi connectivity index (χ4v) is 6.69. The van der Waals surface area contributed by atoms with Gasteiger partial charge in [0, 0.05) is 11.6 Å². The maximum Gasteiger partial charge on any atom is 0.235 e. The maximum absolute atomic E-state index is 13.1. The van der Waals surface area contributed by atoms with Gasteiger partial charge in [-0.05, 0) is 100.0 Å². The van der Waals surface area contributed by atoms with Crippen LogP contribution in [0.3, 0.4) is 0 Å². The van der Waals surface area contributed by atoms with Gasteiger partial charge < -0.3 is 19.0 Å². The molecule has 5 nitrogen and oxygen atoms in total. The quantitative estimate of drug-likeness (QED) is 0.202. The van der Waals surface area contributed by atoms with Gasteiger partial charge in [0.05, 0.1) is 5.39 Å². The molecule has 1 aromatic heterocycles. The molecule has 3 aromatic rings. The highest BCUT2D eigenvalue weighted by molar-refractivity contribution is 5.79. The summed E-state index contributed by atoms with van der Waals surface area (Å²) < 4.78 is 18.7. The van der Waals surface area contributed by atoms with E-state index in [-0.39, 0.29) is 22.5 Å². The highest BCUT2D eigenvalue weighted by Gasteiger charge is 2.34. The van der Waals surface area contributed by atoms with Crippen LogP contribution in [0.5, 0.6) is 23.0 Å². The maximum atomic E-state index is 13.1. The summed E-state index contributed by atoms with van der Waals surface area (Å²) in [6.45, 7) is 17.9. The normalized spacial score (nSPS) is 18.0. The minimum Gasteiger partial charge on any atom is -0.508 e. The molecule has 236 valence electrons. The monoisotopic (exact) mass is 590 g/mol. The van der Waals surface area contributed by atoms with Crippen molar-refractivity contribution in [1.82, 2.24) is 0 Å². The van der Waals surface area contributed by atoms with Crippen LogP contribution in [0.15, 0.2) is 33.7 Å². The number of fused-ring (bicyclic) bond motifs is 2. The van der Waals surface area contributed by atoms with Gasteiger partial charge in [0.25, 0.3) is 0 Å². The molecular formula is C38H54O5. The Hall–Kier alpha value is -2.95. The number of hydrogen-bond donors (Lipinski definition) is 1. The first-order valence-electron chi connectivity index (χ1n) is 16.6. The lowest BCUT2D eigenvalue weighted by Crippen LogP contribution is -2.37. The number of hydrogen-bond acceptors (Lipinski definition) is 5. The third kappa shape index (κ3) is 8.16. The van der Waals surface area contributed by atoms with Crippen molar-refractivity contribution in [2.24, 2.45) is 17.8 Å². The van der Waals surface area contributed by atoms with Gasteiger partial charge in [-0.15, -0.1) is 0 Å². The number of phenolic OH excluding ortho intramolecular Hbond substituents is 1. The first-order valence-corrected chi connectivity index (χ1v) is 16.6. The van der Waals surface area contributed by atoms with E-state index in [0.29, 0.717) is 16.7 Å².